The van der Waals surface area contributed by atoms with Crippen LogP contribution in [0.1, 0.15) is 70.1 Å². The zero-order chi connectivity index (χ0) is 14.8. The van der Waals surface area contributed by atoms with Gasteiger partial charge in [0.15, 0.2) is 0 Å². The van der Waals surface area contributed by atoms with Gasteiger partial charge in [0.2, 0.25) is 0 Å². The van der Waals surface area contributed by atoms with Crippen molar-refractivity contribution in [3.8, 4) is 0 Å². The van der Waals surface area contributed by atoms with E-state index in [-0.39, 0.29) is 0 Å². The van der Waals surface area contributed by atoms with Crippen molar-refractivity contribution in [3.05, 3.63) is 35.4 Å². The Balaban J connectivity index is 1.76. The predicted molar refractivity (Wildman–Crippen MR) is 88.3 cm³/mol. The van der Waals surface area contributed by atoms with Gasteiger partial charge in [-0.3, -0.25) is 0 Å². The number of ether oxygens (including phenoxy) is 1. The van der Waals surface area contributed by atoms with E-state index in [1.54, 1.807) is 0 Å². The summed E-state index contributed by atoms with van der Waals surface area (Å²) in [5.74, 6) is 2.31. The molecule has 0 aromatic heterocycles. The van der Waals surface area contributed by atoms with Crippen molar-refractivity contribution < 1.29 is 4.74 Å². The SMILES string of the molecule is CC(C)[C@@H]1CC[C@@H](C)C[C@H]1O[C@H]1CCCc2ccccc21. The molecule has 1 aromatic rings. The number of benzene rings is 1. The highest BCUT2D eigenvalue weighted by atomic mass is 16.5. The lowest BCUT2D eigenvalue weighted by molar-refractivity contribution is -0.0871. The minimum absolute atomic E-state index is 0.339. The van der Waals surface area contributed by atoms with Gasteiger partial charge in [0, 0.05) is 0 Å². The quantitative estimate of drug-likeness (QED) is 0.708. The van der Waals surface area contributed by atoms with Crippen LogP contribution >= 0.6 is 0 Å². The van der Waals surface area contributed by atoms with Crippen LogP contribution in [-0.2, 0) is 11.2 Å². The summed E-state index contributed by atoms with van der Waals surface area (Å²) in [5, 5.41) is 0. The normalized spacial score (nSPS) is 33.0. The van der Waals surface area contributed by atoms with E-state index in [2.05, 4.69) is 45.0 Å². The second kappa shape index (κ2) is 6.52. The molecule has 0 amide bonds. The molecule has 2 aliphatic rings. The van der Waals surface area contributed by atoms with Crippen LogP contribution in [0.2, 0.25) is 0 Å². The van der Waals surface area contributed by atoms with Crippen LogP contribution in [0.4, 0.5) is 0 Å². The van der Waals surface area contributed by atoms with E-state index < -0.39 is 0 Å². The molecule has 1 nitrogen and oxygen atoms in total. The summed E-state index contributed by atoms with van der Waals surface area (Å²) in [6.07, 6.45) is 8.48. The molecule has 1 aromatic carbocycles. The molecule has 1 saturated carbocycles. The molecule has 1 fully saturated rings. The fraction of sp³-hybridized carbons (Fsp3) is 0.700. The van der Waals surface area contributed by atoms with Crippen molar-refractivity contribution in [2.75, 3.05) is 0 Å². The second-order valence-electron chi connectivity index (χ2n) is 7.58. The standard InChI is InChI=1S/C20H30O/c1-14(2)17-12-11-15(3)13-20(17)21-19-10-6-8-16-7-4-5-9-18(16)19/h4-5,7,9,14-15,17,19-20H,6,8,10-13H2,1-3H3/t15-,17+,19+,20-/m1/s1. The fourth-order valence-corrected chi connectivity index (χ4v) is 4.33. The molecule has 0 saturated heterocycles. The molecule has 0 heterocycles. The summed E-state index contributed by atoms with van der Waals surface area (Å²) < 4.78 is 6.70. The first-order chi connectivity index (χ1) is 10.1. The Kier molecular flexibility index (Phi) is 4.69. The Hall–Kier alpha value is -0.820. The van der Waals surface area contributed by atoms with Gasteiger partial charge in [-0.25, -0.2) is 0 Å². The highest BCUT2D eigenvalue weighted by Crippen LogP contribution is 2.40. The molecular weight excluding hydrogens is 256 g/mol. The van der Waals surface area contributed by atoms with Gasteiger partial charge in [0.1, 0.15) is 0 Å². The average Bonchev–Trinajstić information content (AvgIpc) is 2.47. The number of aryl methyl sites for hydroxylation is 1. The summed E-state index contributed by atoms with van der Waals surface area (Å²) in [6, 6.07) is 8.91. The van der Waals surface area contributed by atoms with Gasteiger partial charge in [-0.1, -0.05) is 51.5 Å². The van der Waals surface area contributed by atoms with Crippen LogP contribution < -0.4 is 0 Å². The number of rotatable bonds is 3. The maximum Gasteiger partial charge on any atom is 0.0831 e. The average molecular weight is 286 g/mol. The summed E-state index contributed by atoms with van der Waals surface area (Å²) in [7, 11) is 0. The van der Waals surface area contributed by atoms with Gasteiger partial charge in [0.05, 0.1) is 12.2 Å². The lowest BCUT2D eigenvalue weighted by atomic mass is 9.75. The summed E-state index contributed by atoms with van der Waals surface area (Å²) in [5.41, 5.74) is 2.98. The minimum atomic E-state index is 0.339. The molecule has 1 heteroatoms. The van der Waals surface area contributed by atoms with Crippen LogP contribution in [0, 0.1) is 17.8 Å². The Bertz CT molecular complexity index is 465. The largest absolute Gasteiger partial charge is 0.370 e. The Morgan fingerprint density at radius 3 is 2.71 bits per heavy atom. The van der Waals surface area contributed by atoms with E-state index in [1.807, 2.05) is 0 Å². The first-order valence-corrected chi connectivity index (χ1v) is 8.88. The highest BCUT2D eigenvalue weighted by Gasteiger charge is 2.34. The molecule has 21 heavy (non-hydrogen) atoms. The van der Waals surface area contributed by atoms with Crippen LogP contribution in [0.3, 0.4) is 0 Å². The maximum absolute atomic E-state index is 6.70. The third-order valence-corrected chi connectivity index (χ3v) is 5.61. The molecule has 2 aliphatic carbocycles. The van der Waals surface area contributed by atoms with E-state index in [0.717, 1.165) is 17.8 Å². The van der Waals surface area contributed by atoms with Crippen molar-refractivity contribution in [2.45, 2.75) is 71.5 Å². The topological polar surface area (TPSA) is 9.23 Å². The van der Waals surface area contributed by atoms with Crippen molar-refractivity contribution >= 4 is 0 Å². The molecule has 4 atom stereocenters. The van der Waals surface area contributed by atoms with E-state index in [4.69, 9.17) is 4.74 Å². The first-order valence-electron chi connectivity index (χ1n) is 8.88. The summed E-state index contributed by atoms with van der Waals surface area (Å²) >= 11 is 0. The molecule has 116 valence electrons. The lowest BCUT2D eigenvalue weighted by Crippen LogP contribution is -2.35. The Morgan fingerprint density at radius 2 is 1.90 bits per heavy atom. The second-order valence-corrected chi connectivity index (χ2v) is 7.58. The molecule has 0 spiro atoms. The smallest absolute Gasteiger partial charge is 0.0831 e. The van der Waals surface area contributed by atoms with Gasteiger partial charge in [-0.05, 0) is 61.0 Å². The maximum atomic E-state index is 6.70. The van der Waals surface area contributed by atoms with Crippen LogP contribution in [0.25, 0.3) is 0 Å². The molecule has 0 unspecified atom stereocenters. The van der Waals surface area contributed by atoms with Gasteiger partial charge in [-0.2, -0.15) is 0 Å². The molecular formula is C20H30O. The van der Waals surface area contributed by atoms with Crippen molar-refractivity contribution in [1.82, 2.24) is 0 Å². The lowest BCUT2D eigenvalue weighted by Gasteiger charge is -2.40. The molecule has 0 aliphatic heterocycles. The van der Waals surface area contributed by atoms with Crippen molar-refractivity contribution in [1.29, 1.82) is 0 Å². The van der Waals surface area contributed by atoms with Crippen molar-refractivity contribution in [3.63, 3.8) is 0 Å². The van der Waals surface area contributed by atoms with Crippen LogP contribution in [0.5, 0.6) is 0 Å². The van der Waals surface area contributed by atoms with Gasteiger partial charge < -0.3 is 4.74 Å². The van der Waals surface area contributed by atoms with Crippen LogP contribution in [-0.4, -0.2) is 6.10 Å². The van der Waals surface area contributed by atoms with Crippen LogP contribution in [0.15, 0.2) is 24.3 Å². The molecule has 0 bridgehead atoms. The number of hydrogen-bond acceptors (Lipinski definition) is 1. The molecule has 3 rings (SSSR count). The van der Waals surface area contributed by atoms with Gasteiger partial charge in [0.25, 0.3) is 0 Å². The highest BCUT2D eigenvalue weighted by molar-refractivity contribution is 5.31. The van der Waals surface area contributed by atoms with E-state index in [9.17, 15) is 0 Å². The van der Waals surface area contributed by atoms with Gasteiger partial charge in [-0.15, -0.1) is 0 Å². The molecule has 0 radical (unpaired) electrons. The first kappa shape index (κ1) is 15.1. The Morgan fingerprint density at radius 1 is 1.10 bits per heavy atom. The van der Waals surface area contributed by atoms with Gasteiger partial charge >= 0.3 is 0 Å². The van der Waals surface area contributed by atoms with E-state index >= 15 is 0 Å². The zero-order valence-electron chi connectivity index (χ0n) is 13.8. The number of fused-ring (bicyclic) bond motifs is 1. The monoisotopic (exact) mass is 286 g/mol. The summed E-state index contributed by atoms with van der Waals surface area (Å²) in [6.45, 7) is 7.12. The van der Waals surface area contributed by atoms with E-state index in [0.29, 0.717) is 12.2 Å². The number of hydrogen-bond donors (Lipinski definition) is 0. The Labute approximate surface area is 130 Å². The summed E-state index contributed by atoms with van der Waals surface area (Å²) in [4.78, 5) is 0. The third kappa shape index (κ3) is 3.34. The molecule has 0 N–H and O–H groups in total. The van der Waals surface area contributed by atoms with Crippen molar-refractivity contribution in [2.24, 2.45) is 17.8 Å². The minimum Gasteiger partial charge on any atom is -0.370 e. The third-order valence-electron chi connectivity index (χ3n) is 5.61. The fourth-order valence-electron chi connectivity index (χ4n) is 4.33. The zero-order valence-corrected chi connectivity index (χ0v) is 13.8. The predicted octanol–water partition coefficient (Wildman–Crippen LogP) is 5.54. The van der Waals surface area contributed by atoms with E-state index in [1.165, 1.54) is 49.7 Å².